The van der Waals surface area contributed by atoms with Gasteiger partial charge in [0.25, 0.3) is 5.56 Å². The number of aliphatic imine (C=N–C) groups is 1. The lowest BCUT2D eigenvalue weighted by atomic mass is 10.1. The van der Waals surface area contributed by atoms with Crippen LogP contribution in [-0.2, 0) is 16.0 Å². The van der Waals surface area contributed by atoms with Crippen LogP contribution < -0.4 is 5.56 Å². The number of H-pyrrole nitrogens is 1. The lowest BCUT2D eigenvalue weighted by Crippen LogP contribution is -2.28. The lowest BCUT2D eigenvalue weighted by molar-refractivity contribution is -0.142. The number of nitrogens with one attached hydrogen (secondary N) is 1. The minimum Gasteiger partial charge on any atom is -0.494 e. The zero-order valence-corrected chi connectivity index (χ0v) is 21.3. The van der Waals surface area contributed by atoms with Crippen molar-refractivity contribution in [3.8, 4) is 17.3 Å². The maximum absolute atomic E-state index is 13.6. The number of nitrogens with zero attached hydrogens (tertiary/aromatic N) is 3. The number of esters is 1. The van der Waals surface area contributed by atoms with Gasteiger partial charge in [-0.1, -0.05) is 54.6 Å². The molecule has 0 saturated heterocycles. The minimum atomic E-state index is -0.948. The molecule has 8 nitrogen and oxygen atoms in total. The molecule has 1 atom stereocenters. The average Bonchev–Trinajstić information content (AvgIpc) is 3.36. The van der Waals surface area contributed by atoms with Crippen LogP contribution >= 0.6 is 12.2 Å². The summed E-state index contributed by atoms with van der Waals surface area (Å²) in [7, 11) is 1.29. The van der Waals surface area contributed by atoms with Crippen LogP contribution in [-0.4, -0.2) is 44.6 Å². The number of methoxy groups -OCH3 is 1. The van der Waals surface area contributed by atoms with Crippen molar-refractivity contribution < 1.29 is 14.6 Å². The largest absolute Gasteiger partial charge is 0.494 e. The van der Waals surface area contributed by atoms with Gasteiger partial charge in [0.1, 0.15) is 5.56 Å². The van der Waals surface area contributed by atoms with Crippen molar-refractivity contribution >= 4 is 35.3 Å². The molecule has 9 heteroatoms. The molecule has 0 aliphatic rings. The number of rotatable bonds is 7. The van der Waals surface area contributed by atoms with Crippen molar-refractivity contribution in [2.45, 2.75) is 12.5 Å². The van der Waals surface area contributed by atoms with Gasteiger partial charge in [-0.15, -0.1) is 0 Å². The number of carbonyl (C=O) groups excluding carboxylic acids is 1. The first-order valence-corrected chi connectivity index (χ1v) is 12.3. The van der Waals surface area contributed by atoms with Gasteiger partial charge in [-0.25, -0.2) is 4.79 Å². The number of para-hydroxylation sites is 3. The number of benzene rings is 3. The Bertz CT molecular complexity index is 1750. The van der Waals surface area contributed by atoms with Gasteiger partial charge in [-0.3, -0.25) is 18.9 Å². The molecule has 2 heterocycles. The third kappa shape index (κ3) is 4.67. The Balaban J connectivity index is 1.65. The standard InChI is InChI=1S/C29H24N4O4S/c1-37-28(36)25(16-19-17-30-24-15-9-8-14-22(19)24)31-18-23-26(34)32(20-10-4-2-5-11-20)29(38)33(27(23)35)21-12-6-3-7-13-21/h2-15,17-18,25,30,34H,16H2,1H3. The van der Waals surface area contributed by atoms with E-state index in [1.54, 1.807) is 48.5 Å². The van der Waals surface area contributed by atoms with Crippen LogP contribution in [0.2, 0.25) is 0 Å². The Kier molecular flexibility index (Phi) is 7.01. The Morgan fingerprint density at radius 2 is 1.61 bits per heavy atom. The molecule has 0 spiro atoms. The van der Waals surface area contributed by atoms with Gasteiger partial charge in [0.15, 0.2) is 10.8 Å². The highest BCUT2D eigenvalue weighted by atomic mass is 32.1. The van der Waals surface area contributed by atoms with E-state index >= 15 is 0 Å². The second-order valence-corrected chi connectivity index (χ2v) is 8.91. The van der Waals surface area contributed by atoms with Crippen molar-refractivity contribution in [2.24, 2.45) is 4.99 Å². The molecule has 0 radical (unpaired) electrons. The molecule has 0 aliphatic carbocycles. The van der Waals surface area contributed by atoms with Crippen LogP contribution in [0.1, 0.15) is 11.1 Å². The zero-order valence-electron chi connectivity index (χ0n) is 20.4. The molecule has 2 aromatic heterocycles. The maximum Gasteiger partial charge on any atom is 0.330 e. The molecule has 0 bridgehead atoms. The first-order chi connectivity index (χ1) is 18.5. The number of hydrogen-bond donors (Lipinski definition) is 2. The minimum absolute atomic E-state index is 0.0883. The molecule has 38 heavy (non-hydrogen) atoms. The van der Waals surface area contributed by atoms with E-state index in [4.69, 9.17) is 17.0 Å². The summed E-state index contributed by atoms with van der Waals surface area (Å²) in [5, 5.41) is 12.2. The van der Waals surface area contributed by atoms with E-state index in [0.29, 0.717) is 11.4 Å². The van der Waals surface area contributed by atoms with Crippen molar-refractivity contribution in [2.75, 3.05) is 7.11 Å². The number of fused-ring (bicyclic) bond motifs is 1. The normalized spacial score (nSPS) is 12.1. The highest BCUT2D eigenvalue weighted by Crippen LogP contribution is 2.23. The van der Waals surface area contributed by atoms with Crippen LogP contribution in [0, 0.1) is 4.77 Å². The molecule has 5 rings (SSSR count). The lowest BCUT2D eigenvalue weighted by Gasteiger charge is -2.17. The summed E-state index contributed by atoms with van der Waals surface area (Å²) in [5.74, 6) is -0.942. The Morgan fingerprint density at radius 3 is 2.26 bits per heavy atom. The van der Waals surface area contributed by atoms with Gasteiger partial charge >= 0.3 is 5.97 Å². The molecular weight excluding hydrogens is 500 g/mol. The third-order valence-corrected chi connectivity index (χ3v) is 6.61. The maximum atomic E-state index is 13.6. The number of hydrogen-bond acceptors (Lipinski definition) is 6. The molecule has 190 valence electrons. The van der Waals surface area contributed by atoms with E-state index in [-0.39, 0.29) is 22.6 Å². The first-order valence-electron chi connectivity index (χ1n) is 11.9. The predicted molar refractivity (Wildman–Crippen MR) is 149 cm³/mol. The van der Waals surface area contributed by atoms with E-state index in [1.807, 2.05) is 42.6 Å². The molecule has 0 aliphatic heterocycles. The topological polar surface area (TPSA) is 102 Å². The quantitative estimate of drug-likeness (QED) is 0.182. The predicted octanol–water partition coefficient (Wildman–Crippen LogP) is 4.75. The molecule has 5 aromatic rings. The number of aromatic hydroxyl groups is 1. The summed E-state index contributed by atoms with van der Waals surface area (Å²) in [4.78, 5) is 34.0. The number of aromatic amines is 1. The monoisotopic (exact) mass is 524 g/mol. The number of aromatic nitrogens is 3. The van der Waals surface area contributed by atoms with Crippen LogP contribution in [0.4, 0.5) is 0 Å². The fourth-order valence-electron chi connectivity index (χ4n) is 4.35. The van der Waals surface area contributed by atoms with Gasteiger partial charge in [-0.05, 0) is 48.1 Å². The highest BCUT2D eigenvalue weighted by Gasteiger charge is 2.22. The Morgan fingerprint density at radius 1 is 1.00 bits per heavy atom. The van der Waals surface area contributed by atoms with Gasteiger partial charge in [0.2, 0.25) is 5.88 Å². The molecule has 0 amide bonds. The molecule has 3 aromatic carbocycles. The van der Waals surface area contributed by atoms with E-state index in [9.17, 15) is 14.7 Å². The SMILES string of the molecule is COC(=O)C(Cc1c[nH]c2ccccc12)N=Cc1c(O)n(-c2ccccc2)c(=S)n(-c2ccccc2)c1=O. The van der Waals surface area contributed by atoms with Gasteiger partial charge in [0, 0.05) is 29.7 Å². The summed E-state index contributed by atoms with van der Waals surface area (Å²) >= 11 is 5.65. The van der Waals surface area contributed by atoms with Crippen molar-refractivity contribution in [3.05, 3.63) is 117 Å². The van der Waals surface area contributed by atoms with Gasteiger partial charge in [0.05, 0.1) is 18.5 Å². The first kappa shape index (κ1) is 24.9. The smallest absolute Gasteiger partial charge is 0.330 e. The van der Waals surface area contributed by atoms with Crippen molar-refractivity contribution in [1.29, 1.82) is 0 Å². The zero-order chi connectivity index (χ0) is 26.6. The molecular formula is C29H24N4O4S. The summed E-state index contributed by atoms with van der Waals surface area (Å²) in [6.07, 6.45) is 3.28. The van der Waals surface area contributed by atoms with Crippen molar-refractivity contribution in [3.63, 3.8) is 0 Å². The van der Waals surface area contributed by atoms with Gasteiger partial charge in [-0.2, -0.15) is 0 Å². The fourth-order valence-corrected chi connectivity index (χ4v) is 4.73. The molecule has 1 unspecified atom stereocenters. The fraction of sp³-hybridized carbons (Fsp3) is 0.103. The van der Waals surface area contributed by atoms with E-state index in [2.05, 4.69) is 9.98 Å². The second kappa shape index (κ2) is 10.7. The van der Waals surface area contributed by atoms with Crippen LogP contribution in [0.5, 0.6) is 5.88 Å². The van der Waals surface area contributed by atoms with E-state index < -0.39 is 17.6 Å². The van der Waals surface area contributed by atoms with Crippen LogP contribution in [0.3, 0.4) is 0 Å². The number of ether oxygens (including phenoxy) is 1. The van der Waals surface area contributed by atoms with E-state index in [0.717, 1.165) is 16.5 Å². The Hall–Kier alpha value is -4.76. The second-order valence-electron chi connectivity index (χ2n) is 8.55. The summed E-state index contributed by atoms with van der Waals surface area (Å²) in [6.45, 7) is 0. The molecule has 2 N–H and O–H groups in total. The van der Waals surface area contributed by atoms with E-state index in [1.165, 1.54) is 22.5 Å². The average molecular weight is 525 g/mol. The summed E-state index contributed by atoms with van der Waals surface area (Å²) < 4.78 is 7.82. The summed E-state index contributed by atoms with van der Waals surface area (Å²) in [6, 6.07) is 24.7. The van der Waals surface area contributed by atoms with Crippen molar-refractivity contribution in [1.82, 2.24) is 14.1 Å². The Labute approximate surface area is 223 Å². The summed E-state index contributed by atoms with van der Waals surface area (Å²) in [5.41, 5.74) is 2.23. The third-order valence-electron chi connectivity index (χ3n) is 6.24. The van der Waals surface area contributed by atoms with Crippen LogP contribution in [0.15, 0.2) is 101 Å². The highest BCUT2D eigenvalue weighted by molar-refractivity contribution is 7.71. The molecule has 0 saturated carbocycles. The number of carbonyl (C=O) groups is 1. The molecule has 0 fully saturated rings. The van der Waals surface area contributed by atoms with Gasteiger partial charge < -0.3 is 14.8 Å². The van der Waals surface area contributed by atoms with Crippen LogP contribution in [0.25, 0.3) is 22.3 Å².